The number of ether oxygens (including phenoxy) is 2. The number of halogens is 1. The van der Waals surface area contributed by atoms with Crippen molar-refractivity contribution in [2.75, 3.05) is 13.7 Å². The van der Waals surface area contributed by atoms with Crippen LogP contribution in [0.5, 0.6) is 5.75 Å². The lowest BCUT2D eigenvalue weighted by Gasteiger charge is -2.23. The lowest BCUT2D eigenvalue weighted by molar-refractivity contribution is -0.152. The smallest absolute Gasteiger partial charge is 0.314 e. The number of hydrogen-bond donors (Lipinski definition) is 1. The molecule has 1 rings (SSSR count). The number of rotatable bonds is 5. The van der Waals surface area contributed by atoms with Gasteiger partial charge in [0.25, 0.3) is 0 Å². The Balaban J connectivity index is 2.88. The molecule has 5 heteroatoms. The molecule has 0 amide bonds. The van der Waals surface area contributed by atoms with Crippen molar-refractivity contribution in [1.82, 2.24) is 0 Å². The number of benzene rings is 1. The molecule has 0 aliphatic heterocycles. The predicted octanol–water partition coefficient (Wildman–Crippen LogP) is 2.42. The molecule has 0 spiro atoms. The Labute approximate surface area is 112 Å². The molecule has 0 unspecified atom stereocenters. The van der Waals surface area contributed by atoms with Crippen LogP contribution in [0.4, 0.5) is 4.39 Å². The molecule has 1 aromatic rings. The molecule has 4 nitrogen and oxygen atoms in total. The minimum absolute atomic E-state index is 0.0862. The highest BCUT2D eigenvalue weighted by Gasteiger charge is 2.30. The number of carbonyl (C=O) groups excluding carboxylic acids is 1. The van der Waals surface area contributed by atoms with Gasteiger partial charge in [-0.1, -0.05) is 6.07 Å². The van der Waals surface area contributed by atoms with Crippen LogP contribution in [0.1, 0.15) is 32.4 Å². The van der Waals surface area contributed by atoms with E-state index in [0.717, 1.165) is 0 Å². The number of nitrogens with two attached hydrogens (primary N) is 1. The Kier molecular flexibility index (Phi) is 4.89. The van der Waals surface area contributed by atoms with E-state index in [1.54, 1.807) is 26.8 Å². The first-order valence-electron chi connectivity index (χ1n) is 6.04. The van der Waals surface area contributed by atoms with Crippen LogP contribution in [0.25, 0.3) is 0 Å². The van der Waals surface area contributed by atoms with Crippen LogP contribution in [0.2, 0.25) is 0 Å². The molecule has 0 aliphatic carbocycles. The molecule has 2 N–H and O–H groups in total. The van der Waals surface area contributed by atoms with Gasteiger partial charge in [-0.15, -0.1) is 0 Å². The zero-order valence-electron chi connectivity index (χ0n) is 11.7. The van der Waals surface area contributed by atoms with Crippen LogP contribution in [-0.2, 0) is 9.53 Å². The average molecular weight is 269 g/mol. The highest BCUT2D eigenvalue weighted by molar-refractivity contribution is 5.75. The average Bonchev–Trinajstić information content (AvgIpc) is 2.35. The monoisotopic (exact) mass is 269 g/mol. The summed E-state index contributed by atoms with van der Waals surface area (Å²) >= 11 is 0. The number of esters is 1. The fourth-order valence-corrected chi connectivity index (χ4v) is 1.60. The summed E-state index contributed by atoms with van der Waals surface area (Å²) in [5, 5.41) is 0. The van der Waals surface area contributed by atoms with Crippen LogP contribution >= 0.6 is 0 Å². The van der Waals surface area contributed by atoms with Gasteiger partial charge in [0.1, 0.15) is 18.2 Å². The molecular formula is C14H20FNO3. The van der Waals surface area contributed by atoms with Gasteiger partial charge < -0.3 is 15.2 Å². The lowest BCUT2D eigenvalue weighted by Crippen LogP contribution is -2.32. The Morgan fingerprint density at radius 3 is 2.63 bits per heavy atom. The third kappa shape index (κ3) is 3.92. The maximum Gasteiger partial charge on any atom is 0.314 e. The highest BCUT2D eigenvalue weighted by Crippen LogP contribution is 2.27. The quantitative estimate of drug-likeness (QED) is 0.834. The molecule has 1 aromatic carbocycles. The normalized spacial score (nSPS) is 12.9. The zero-order chi connectivity index (χ0) is 14.6. The highest BCUT2D eigenvalue weighted by atomic mass is 19.1. The van der Waals surface area contributed by atoms with Gasteiger partial charge in [-0.3, -0.25) is 4.79 Å². The third-order valence-electron chi connectivity index (χ3n) is 2.79. The SMILES string of the molecule is COC(=O)C(C)(C)COc1cc(F)ccc1[C@@H](C)N. The molecule has 0 fully saturated rings. The van der Waals surface area contributed by atoms with Crippen LogP contribution in [0.3, 0.4) is 0 Å². The van der Waals surface area contributed by atoms with E-state index in [-0.39, 0.29) is 18.6 Å². The molecule has 0 bridgehead atoms. The largest absolute Gasteiger partial charge is 0.492 e. The van der Waals surface area contributed by atoms with Crippen molar-refractivity contribution in [3.63, 3.8) is 0 Å². The first kappa shape index (κ1) is 15.4. The van der Waals surface area contributed by atoms with Crippen LogP contribution in [-0.4, -0.2) is 19.7 Å². The van der Waals surface area contributed by atoms with Crippen molar-refractivity contribution in [1.29, 1.82) is 0 Å². The van der Waals surface area contributed by atoms with Gasteiger partial charge in [0, 0.05) is 17.7 Å². The number of carbonyl (C=O) groups is 1. The Morgan fingerprint density at radius 1 is 1.47 bits per heavy atom. The minimum atomic E-state index is -0.809. The van der Waals surface area contributed by atoms with Gasteiger partial charge in [-0.2, -0.15) is 0 Å². The number of hydrogen-bond acceptors (Lipinski definition) is 4. The van der Waals surface area contributed by atoms with Crippen molar-refractivity contribution in [3.05, 3.63) is 29.6 Å². The number of methoxy groups -OCH3 is 1. The summed E-state index contributed by atoms with van der Waals surface area (Å²) in [6.45, 7) is 5.27. The minimum Gasteiger partial charge on any atom is -0.492 e. The second-order valence-electron chi connectivity index (χ2n) is 5.13. The lowest BCUT2D eigenvalue weighted by atomic mass is 9.95. The van der Waals surface area contributed by atoms with Crippen molar-refractivity contribution in [2.24, 2.45) is 11.1 Å². The maximum absolute atomic E-state index is 13.2. The third-order valence-corrected chi connectivity index (χ3v) is 2.79. The van der Waals surface area contributed by atoms with Crippen LogP contribution < -0.4 is 10.5 Å². The second-order valence-corrected chi connectivity index (χ2v) is 5.13. The zero-order valence-corrected chi connectivity index (χ0v) is 11.7. The van der Waals surface area contributed by atoms with E-state index in [1.165, 1.54) is 19.2 Å². The summed E-state index contributed by atoms with van der Waals surface area (Å²) in [5.41, 5.74) is 5.68. The summed E-state index contributed by atoms with van der Waals surface area (Å²) in [4.78, 5) is 11.5. The topological polar surface area (TPSA) is 61.5 Å². The molecule has 0 heterocycles. The molecule has 106 valence electrons. The molecular weight excluding hydrogens is 249 g/mol. The van der Waals surface area contributed by atoms with Crippen LogP contribution in [0, 0.1) is 11.2 Å². The first-order chi connectivity index (χ1) is 8.77. The van der Waals surface area contributed by atoms with E-state index in [2.05, 4.69) is 4.74 Å². The summed E-state index contributed by atoms with van der Waals surface area (Å²) in [5.74, 6) is -0.437. The van der Waals surface area contributed by atoms with Gasteiger partial charge >= 0.3 is 5.97 Å². The van der Waals surface area contributed by atoms with Gasteiger partial charge in [0.05, 0.1) is 12.5 Å². The molecule has 0 saturated heterocycles. The fraction of sp³-hybridized carbons (Fsp3) is 0.500. The first-order valence-corrected chi connectivity index (χ1v) is 6.04. The second kappa shape index (κ2) is 6.02. The van der Waals surface area contributed by atoms with Gasteiger partial charge in [0.2, 0.25) is 0 Å². The van der Waals surface area contributed by atoms with E-state index in [4.69, 9.17) is 10.5 Å². The summed E-state index contributed by atoms with van der Waals surface area (Å²) < 4.78 is 23.5. The van der Waals surface area contributed by atoms with Gasteiger partial charge in [-0.25, -0.2) is 4.39 Å². The molecule has 0 saturated carbocycles. The van der Waals surface area contributed by atoms with Crippen molar-refractivity contribution < 1.29 is 18.7 Å². The Hall–Kier alpha value is -1.62. The predicted molar refractivity (Wildman–Crippen MR) is 70.3 cm³/mol. The summed E-state index contributed by atoms with van der Waals surface area (Å²) in [7, 11) is 1.32. The molecule has 0 aliphatic rings. The van der Waals surface area contributed by atoms with E-state index >= 15 is 0 Å². The van der Waals surface area contributed by atoms with Crippen LogP contribution in [0.15, 0.2) is 18.2 Å². The molecule has 1 atom stereocenters. The van der Waals surface area contributed by atoms with Crippen molar-refractivity contribution >= 4 is 5.97 Å². The standard InChI is InChI=1S/C14H20FNO3/c1-9(16)11-6-5-10(15)7-12(11)19-8-14(2,3)13(17)18-4/h5-7,9H,8,16H2,1-4H3/t9-/m1/s1. The van der Waals surface area contributed by atoms with Gasteiger partial charge in [0.15, 0.2) is 0 Å². The summed E-state index contributed by atoms with van der Waals surface area (Å²) in [6, 6.07) is 3.90. The molecule has 0 aromatic heterocycles. The van der Waals surface area contributed by atoms with Gasteiger partial charge in [-0.05, 0) is 26.8 Å². The Morgan fingerprint density at radius 2 is 2.11 bits per heavy atom. The molecule has 0 radical (unpaired) electrons. The van der Waals surface area contributed by atoms with E-state index in [0.29, 0.717) is 11.3 Å². The van der Waals surface area contributed by atoms with E-state index in [9.17, 15) is 9.18 Å². The fourth-order valence-electron chi connectivity index (χ4n) is 1.60. The van der Waals surface area contributed by atoms with E-state index in [1.807, 2.05) is 0 Å². The van der Waals surface area contributed by atoms with Crippen molar-refractivity contribution in [3.8, 4) is 5.75 Å². The van der Waals surface area contributed by atoms with Crippen molar-refractivity contribution in [2.45, 2.75) is 26.8 Å². The summed E-state index contributed by atoms with van der Waals surface area (Å²) in [6.07, 6.45) is 0. The molecule has 19 heavy (non-hydrogen) atoms. The van der Waals surface area contributed by atoms with E-state index < -0.39 is 11.2 Å². The maximum atomic E-state index is 13.2. The Bertz CT molecular complexity index is 458.